The molecule has 1 heterocycles. The molecule has 1 atom stereocenters. The number of urea groups is 1. The normalized spacial score (nSPS) is 19.5. The van der Waals surface area contributed by atoms with Crippen LogP contribution in [0, 0.1) is 5.82 Å². The van der Waals surface area contributed by atoms with E-state index in [4.69, 9.17) is 11.6 Å². The van der Waals surface area contributed by atoms with E-state index in [1.807, 2.05) is 0 Å². The summed E-state index contributed by atoms with van der Waals surface area (Å²) in [6.07, 6.45) is -5.43. The number of amides is 4. The molecule has 4 amide bonds. The molecule has 0 spiro atoms. The Balaban J connectivity index is 2.05. The molecule has 2 N–H and O–H groups in total. The van der Waals surface area contributed by atoms with Crippen LogP contribution in [0.2, 0.25) is 5.02 Å². The first-order chi connectivity index (χ1) is 13.1. The summed E-state index contributed by atoms with van der Waals surface area (Å²) >= 11 is 5.80. The molecule has 1 aliphatic heterocycles. The molecule has 2 aromatic carbocycles. The highest BCUT2D eigenvalue weighted by Crippen LogP contribution is 2.36. The van der Waals surface area contributed by atoms with Gasteiger partial charge in [-0.05, 0) is 24.3 Å². The Morgan fingerprint density at radius 2 is 1.68 bits per heavy atom. The number of halogens is 5. The number of nitrogens with zero attached hydrogens (tertiary/aromatic N) is 1. The van der Waals surface area contributed by atoms with Crippen molar-refractivity contribution in [3.05, 3.63) is 64.9 Å². The summed E-state index contributed by atoms with van der Waals surface area (Å²) in [5, 5.41) is 2.75. The van der Waals surface area contributed by atoms with E-state index in [2.05, 4.69) is 0 Å². The summed E-state index contributed by atoms with van der Waals surface area (Å²) in [6.45, 7) is 0. The fraction of sp³-hybridized carbons (Fsp3) is 0.118. The molecule has 1 aliphatic rings. The van der Waals surface area contributed by atoms with Crippen molar-refractivity contribution in [3.8, 4) is 0 Å². The molecule has 0 aliphatic carbocycles. The van der Waals surface area contributed by atoms with Crippen molar-refractivity contribution in [1.29, 1.82) is 0 Å². The van der Waals surface area contributed by atoms with Gasteiger partial charge in [0.2, 0.25) is 0 Å². The van der Waals surface area contributed by atoms with E-state index < -0.39 is 41.2 Å². The zero-order valence-electron chi connectivity index (χ0n) is 13.7. The van der Waals surface area contributed by atoms with Crippen LogP contribution in [0.15, 0.2) is 48.5 Å². The van der Waals surface area contributed by atoms with Crippen LogP contribution in [0.3, 0.4) is 0 Å². The van der Waals surface area contributed by atoms with Crippen molar-refractivity contribution >= 4 is 35.1 Å². The van der Waals surface area contributed by atoms with Crippen LogP contribution in [0.4, 0.5) is 28.0 Å². The molecule has 6 nitrogen and oxygen atoms in total. The Morgan fingerprint density at radius 3 is 2.29 bits per heavy atom. The minimum Gasteiger partial charge on any atom is -0.314 e. The average molecular weight is 416 g/mol. The molecule has 3 rings (SSSR count). The van der Waals surface area contributed by atoms with Gasteiger partial charge in [-0.1, -0.05) is 35.9 Å². The second kappa shape index (κ2) is 6.79. The topological polar surface area (TPSA) is 78.5 Å². The predicted molar refractivity (Wildman–Crippen MR) is 90.1 cm³/mol. The Bertz CT molecular complexity index is 982. The van der Waals surface area contributed by atoms with Crippen LogP contribution in [0.5, 0.6) is 0 Å². The zero-order valence-corrected chi connectivity index (χ0v) is 14.4. The number of alkyl halides is 3. The summed E-state index contributed by atoms with van der Waals surface area (Å²) in [6, 6.07) is 7.92. The highest BCUT2D eigenvalue weighted by Gasteiger charge is 2.69. The number of carbonyl (C=O) groups is 3. The smallest absolute Gasteiger partial charge is 0.314 e. The number of benzene rings is 2. The van der Waals surface area contributed by atoms with E-state index in [0.29, 0.717) is 0 Å². The molecule has 28 heavy (non-hydrogen) atoms. The molecule has 0 unspecified atom stereocenters. The Labute approximate surface area is 160 Å². The number of carbonyl (C=O) groups excluding carboxylic acids is 3. The monoisotopic (exact) mass is 415 g/mol. The lowest BCUT2D eigenvalue weighted by molar-refractivity contribution is -0.197. The lowest BCUT2D eigenvalue weighted by atomic mass is 10.1. The highest BCUT2D eigenvalue weighted by molar-refractivity contribution is 6.34. The fourth-order valence-corrected chi connectivity index (χ4v) is 2.83. The lowest BCUT2D eigenvalue weighted by Gasteiger charge is -2.30. The first kappa shape index (κ1) is 19.6. The van der Waals surface area contributed by atoms with Gasteiger partial charge in [-0.3, -0.25) is 14.9 Å². The second-order valence-electron chi connectivity index (χ2n) is 5.70. The number of anilines is 1. The fourth-order valence-electron chi connectivity index (χ4n) is 2.61. The molecular formula is C17H10ClF4N3O3. The molecule has 1 fully saturated rings. The third-order valence-electron chi connectivity index (χ3n) is 3.96. The molecular weight excluding hydrogens is 406 g/mol. The maximum Gasteiger partial charge on any atom is 0.440 e. The van der Waals surface area contributed by atoms with Gasteiger partial charge in [0, 0.05) is 0 Å². The van der Waals surface area contributed by atoms with Crippen LogP contribution >= 0.6 is 11.6 Å². The van der Waals surface area contributed by atoms with Gasteiger partial charge >= 0.3 is 12.2 Å². The second-order valence-corrected chi connectivity index (χ2v) is 6.11. The van der Waals surface area contributed by atoms with Crippen molar-refractivity contribution in [3.63, 3.8) is 0 Å². The van der Waals surface area contributed by atoms with Gasteiger partial charge in [-0.15, -0.1) is 0 Å². The minimum atomic E-state index is -5.43. The van der Waals surface area contributed by atoms with E-state index >= 15 is 0 Å². The van der Waals surface area contributed by atoms with Crippen LogP contribution in [0.1, 0.15) is 10.4 Å². The first-order valence-electron chi connectivity index (χ1n) is 7.63. The summed E-state index contributed by atoms with van der Waals surface area (Å²) in [5.74, 6) is -4.36. The zero-order chi connectivity index (χ0) is 20.7. The van der Waals surface area contributed by atoms with Gasteiger partial charge in [-0.25, -0.2) is 14.1 Å². The third-order valence-corrected chi connectivity index (χ3v) is 4.29. The van der Waals surface area contributed by atoms with E-state index in [1.54, 1.807) is 0 Å². The van der Waals surface area contributed by atoms with E-state index in [1.165, 1.54) is 41.0 Å². The van der Waals surface area contributed by atoms with Gasteiger partial charge in [0.15, 0.2) is 0 Å². The van der Waals surface area contributed by atoms with Crippen molar-refractivity contribution in [2.45, 2.75) is 11.8 Å². The van der Waals surface area contributed by atoms with Crippen molar-refractivity contribution < 1.29 is 31.9 Å². The van der Waals surface area contributed by atoms with Gasteiger partial charge in [0.1, 0.15) is 5.82 Å². The number of nitrogens with one attached hydrogen (secondary N) is 2. The molecule has 0 aromatic heterocycles. The SMILES string of the molecule is O=C(N[C@]1(C(F)(F)F)NC(=O)N(c2ccccc2F)C1=O)c1ccccc1Cl. The van der Waals surface area contributed by atoms with Gasteiger partial charge in [0.25, 0.3) is 17.5 Å². The maximum atomic E-state index is 14.0. The van der Waals surface area contributed by atoms with Crippen LogP contribution in [-0.4, -0.2) is 29.7 Å². The van der Waals surface area contributed by atoms with E-state index in [-0.39, 0.29) is 15.5 Å². The van der Waals surface area contributed by atoms with Crippen LogP contribution in [0.25, 0.3) is 0 Å². The minimum absolute atomic E-state index is 0.0182. The Morgan fingerprint density at radius 1 is 1.07 bits per heavy atom. The summed E-state index contributed by atoms with van der Waals surface area (Å²) in [4.78, 5) is 37.1. The largest absolute Gasteiger partial charge is 0.440 e. The van der Waals surface area contributed by atoms with Crippen molar-refractivity contribution in [1.82, 2.24) is 10.6 Å². The highest BCUT2D eigenvalue weighted by atomic mass is 35.5. The quantitative estimate of drug-likeness (QED) is 0.597. The van der Waals surface area contributed by atoms with Gasteiger partial charge in [-0.2, -0.15) is 13.2 Å². The number of hydrogen-bond donors (Lipinski definition) is 2. The summed E-state index contributed by atoms with van der Waals surface area (Å²) < 4.78 is 55.4. The van der Waals surface area contributed by atoms with Crippen molar-refractivity contribution in [2.75, 3.05) is 4.90 Å². The predicted octanol–water partition coefficient (Wildman–Crippen LogP) is 3.22. The molecule has 146 valence electrons. The van der Waals surface area contributed by atoms with Gasteiger partial charge in [0.05, 0.1) is 16.3 Å². The summed E-state index contributed by atoms with van der Waals surface area (Å²) in [5.41, 5.74) is -4.83. The van der Waals surface area contributed by atoms with Crippen molar-refractivity contribution in [2.24, 2.45) is 0 Å². The van der Waals surface area contributed by atoms with E-state index in [0.717, 1.165) is 18.2 Å². The maximum absolute atomic E-state index is 14.0. The molecule has 0 radical (unpaired) electrons. The third kappa shape index (κ3) is 3.05. The number of hydrogen-bond acceptors (Lipinski definition) is 3. The van der Waals surface area contributed by atoms with E-state index in [9.17, 15) is 31.9 Å². The number of rotatable bonds is 3. The molecule has 11 heteroatoms. The average Bonchev–Trinajstić information content (AvgIpc) is 2.87. The van der Waals surface area contributed by atoms with Crippen LogP contribution < -0.4 is 15.5 Å². The molecule has 1 saturated heterocycles. The number of imide groups is 1. The van der Waals surface area contributed by atoms with Gasteiger partial charge < -0.3 is 5.32 Å². The number of para-hydroxylation sites is 1. The molecule has 2 aromatic rings. The Hall–Kier alpha value is -3.14. The Kier molecular flexibility index (Phi) is 4.76. The summed E-state index contributed by atoms with van der Waals surface area (Å²) in [7, 11) is 0. The molecule has 0 saturated carbocycles. The standard InChI is InChI=1S/C17H10ClF4N3O3/c18-10-6-2-1-5-9(10)13(26)23-16(17(20,21)22)14(27)25(15(28)24-16)12-8-4-3-7-11(12)19/h1-8H,(H,23,26)(H,24,28)/t16-/m0/s1. The van der Waals surface area contributed by atoms with Crippen LogP contribution in [-0.2, 0) is 4.79 Å². The molecule has 0 bridgehead atoms. The first-order valence-corrected chi connectivity index (χ1v) is 8.01. The lowest BCUT2D eigenvalue weighted by Crippen LogP contribution is -2.69.